The van der Waals surface area contributed by atoms with Crippen LogP contribution >= 0.6 is 12.6 Å². The molecule has 0 bridgehead atoms. The number of carbonyl (C=O) groups excluding carboxylic acids is 2. The Morgan fingerprint density at radius 2 is 1.88 bits per heavy atom. The van der Waals surface area contributed by atoms with Crippen molar-refractivity contribution in [3.63, 3.8) is 0 Å². The zero-order valence-corrected chi connectivity index (χ0v) is 14.9. The third-order valence-electron chi connectivity index (χ3n) is 4.36. The lowest BCUT2D eigenvalue weighted by Gasteiger charge is -2.39. The zero-order chi connectivity index (χ0) is 17.7. The molecule has 24 heavy (non-hydrogen) atoms. The Hall–Kier alpha value is -1.60. The third-order valence-corrected chi connectivity index (χ3v) is 4.65. The molecule has 0 unspecified atom stereocenters. The smallest absolute Gasteiger partial charge is 0.278 e. The molecule has 2 amide bonds. The lowest BCUT2D eigenvalue weighted by molar-refractivity contribution is -0.121. The summed E-state index contributed by atoms with van der Waals surface area (Å²) >= 11 is 3.82. The van der Waals surface area contributed by atoms with Crippen LogP contribution in [-0.4, -0.2) is 40.8 Å². The Morgan fingerprint density at radius 1 is 1.29 bits per heavy atom. The van der Waals surface area contributed by atoms with Gasteiger partial charge in [-0.25, -0.2) is 4.39 Å². The van der Waals surface area contributed by atoms with E-state index in [1.165, 1.54) is 12.1 Å². The van der Waals surface area contributed by atoms with E-state index in [9.17, 15) is 14.0 Å². The summed E-state index contributed by atoms with van der Waals surface area (Å²) in [6, 6.07) is 7.82. The number of rotatable bonds is 1. The molecule has 1 aromatic carbocycles. The highest BCUT2D eigenvalue weighted by molar-refractivity contribution is 7.96. The number of halogens is 1. The summed E-state index contributed by atoms with van der Waals surface area (Å²) in [6.07, 6.45) is 1.49. The SMILES string of the molecule is CC(C)[C@@H]1NC2(CCN(C(=O)S)CC2)NC1=O.Fc1ccccc1. The number of carbonyl (C=O) groups is 2. The first-order valence-corrected chi connectivity index (χ1v) is 8.56. The average molecular weight is 353 g/mol. The second-order valence-electron chi connectivity index (χ2n) is 6.50. The fraction of sp³-hybridized carbons (Fsp3) is 0.529. The van der Waals surface area contributed by atoms with Crippen LogP contribution in [-0.2, 0) is 4.79 Å². The molecule has 2 saturated heterocycles. The fourth-order valence-electron chi connectivity index (χ4n) is 2.95. The molecule has 2 heterocycles. The van der Waals surface area contributed by atoms with Gasteiger partial charge in [0.2, 0.25) is 5.91 Å². The zero-order valence-electron chi connectivity index (χ0n) is 14.0. The van der Waals surface area contributed by atoms with Gasteiger partial charge in [-0.2, -0.15) is 0 Å². The lowest BCUT2D eigenvalue weighted by Crippen LogP contribution is -2.57. The molecule has 0 saturated carbocycles. The first-order chi connectivity index (χ1) is 11.3. The lowest BCUT2D eigenvalue weighted by atomic mass is 9.97. The molecule has 2 aliphatic rings. The van der Waals surface area contributed by atoms with Gasteiger partial charge in [-0.3, -0.25) is 14.9 Å². The number of nitrogens with zero attached hydrogens (tertiary/aromatic N) is 1. The van der Waals surface area contributed by atoms with Gasteiger partial charge in [-0.1, -0.05) is 44.7 Å². The Labute approximate surface area is 147 Å². The summed E-state index contributed by atoms with van der Waals surface area (Å²) in [5.74, 6) is 0.173. The van der Waals surface area contributed by atoms with Crippen LogP contribution in [0.1, 0.15) is 26.7 Å². The van der Waals surface area contributed by atoms with Crippen molar-refractivity contribution in [2.24, 2.45) is 5.92 Å². The molecule has 1 aromatic rings. The molecule has 132 valence electrons. The van der Waals surface area contributed by atoms with Crippen molar-refractivity contribution in [3.05, 3.63) is 36.1 Å². The summed E-state index contributed by atoms with van der Waals surface area (Å²) in [4.78, 5) is 24.7. The summed E-state index contributed by atoms with van der Waals surface area (Å²) in [5, 5.41) is 6.25. The molecule has 0 aromatic heterocycles. The van der Waals surface area contributed by atoms with Crippen molar-refractivity contribution >= 4 is 23.8 Å². The number of hydrogen-bond acceptors (Lipinski definition) is 3. The number of thiol groups is 1. The van der Waals surface area contributed by atoms with Crippen LogP contribution in [0.2, 0.25) is 0 Å². The predicted octanol–water partition coefficient (Wildman–Crippen LogP) is 2.40. The minimum atomic E-state index is -0.314. The standard InChI is InChI=1S/C11H19N3O2S.C6H5F/c1-7(2)8-9(15)13-11(12-8)3-5-14(6-4-11)10(16)17;7-6-4-2-1-3-5-6/h7-8,12H,3-6H2,1-2H3,(H,13,15)(H,16,17);1-5H/t8-;/m0./s1. The number of likely N-dealkylation sites (tertiary alicyclic amines) is 1. The number of nitrogens with one attached hydrogen (secondary N) is 2. The van der Waals surface area contributed by atoms with E-state index >= 15 is 0 Å². The largest absolute Gasteiger partial charge is 0.337 e. The van der Waals surface area contributed by atoms with Gasteiger partial charge in [0.1, 0.15) is 5.82 Å². The average Bonchev–Trinajstić information content (AvgIpc) is 2.86. The second kappa shape index (κ2) is 7.98. The molecule has 1 spiro atoms. The number of amides is 2. The van der Waals surface area contributed by atoms with E-state index in [2.05, 4.69) is 23.3 Å². The Kier molecular flexibility index (Phi) is 6.23. The molecule has 0 aliphatic carbocycles. The van der Waals surface area contributed by atoms with Crippen LogP contribution in [0.3, 0.4) is 0 Å². The van der Waals surface area contributed by atoms with Gasteiger partial charge >= 0.3 is 0 Å². The minimum Gasteiger partial charge on any atom is -0.337 e. The van der Waals surface area contributed by atoms with E-state index in [0.717, 1.165) is 12.8 Å². The Balaban J connectivity index is 0.000000249. The Morgan fingerprint density at radius 3 is 2.25 bits per heavy atom. The van der Waals surface area contributed by atoms with Crippen molar-refractivity contribution in [2.45, 2.75) is 38.4 Å². The topological polar surface area (TPSA) is 61.4 Å². The number of benzene rings is 1. The maximum absolute atomic E-state index is 11.9. The van der Waals surface area contributed by atoms with Crippen LogP contribution in [0.15, 0.2) is 30.3 Å². The van der Waals surface area contributed by atoms with Crippen LogP contribution < -0.4 is 10.6 Å². The first kappa shape index (κ1) is 18.7. The number of hydrogen-bond donors (Lipinski definition) is 3. The van der Waals surface area contributed by atoms with E-state index in [4.69, 9.17) is 0 Å². The summed E-state index contributed by atoms with van der Waals surface area (Å²) in [7, 11) is 0. The van der Waals surface area contributed by atoms with E-state index < -0.39 is 0 Å². The van der Waals surface area contributed by atoms with Crippen molar-refractivity contribution in [1.82, 2.24) is 15.5 Å². The highest BCUT2D eigenvalue weighted by Gasteiger charge is 2.46. The van der Waals surface area contributed by atoms with E-state index in [-0.39, 0.29) is 34.6 Å². The Bertz CT molecular complexity index is 574. The molecule has 3 rings (SSSR count). The fourth-order valence-corrected chi connectivity index (χ4v) is 3.15. The summed E-state index contributed by atoms with van der Waals surface area (Å²) in [6.45, 7) is 5.34. The molecule has 7 heteroatoms. The molecule has 5 nitrogen and oxygen atoms in total. The van der Waals surface area contributed by atoms with Gasteiger partial charge < -0.3 is 10.2 Å². The van der Waals surface area contributed by atoms with Crippen molar-refractivity contribution < 1.29 is 14.0 Å². The molecular formula is C17H24FN3O2S. The molecule has 0 radical (unpaired) electrons. The number of piperidine rings is 1. The second-order valence-corrected chi connectivity index (χ2v) is 6.89. The van der Waals surface area contributed by atoms with Gasteiger partial charge in [0.25, 0.3) is 5.24 Å². The van der Waals surface area contributed by atoms with Crippen LogP contribution in [0.25, 0.3) is 0 Å². The molecular weight excluding hydrogens is 329 g/mol. The van der Waals surface area contributed by atoms with Gasteiger partial charge in [0.05, 0.1) is 11.7 Å². The van der Waals surface area contributed by atoms with Crippen molar-refractivity contribution in [2.75, 3.05) is 13.1 Å². The van der Waals surface area contributed by atoms with E-state index in [1.807, 2.05) is 13.8 Å². The van der Waals surface area contributed by atoms with E-state index in [0.29, 0.717) is 13.1 Å². The van der Waals surface area contributed by atoms with Crippen LogP contribution in [0.5, 0.6) is 0 Å². The predicted molar refractivity (Wildman–Crippen MR) is 94.2 cm³/mol. The highest BCUT2D eigenvalue weighted by Crippen LogP contribution is 2.26. The quantitative estimate of drug-likeness (QED) is 0.680. The molecule has 1 atom stereocenters. The minimum absolute atomic E-state index is 0.0747. The van der Waals surface area contributed by atoms with E-state index in [1.54, 1.807) is 23.1 Å². The maximum Gasteiger partial charge on any atom is 0.278 e. The molecule has 2 aliphatic heterocycles. The van der Waals surface area contributed by atoms with Gasteiger partial charge in [0, 0.05) is 25.9 Å². The van der Waals surface area contributed by atoms with Crippen LogP contribution in [0.4, 0.5) is 9.18 Å². The van der Waals surface area contributed by atoms with Gasteiger partial charge in [-0.15, -0.1) is 0 Å². The van der Waals surface area contributed by atoms with Gasteiger partial charge in [0.15, 0.2) is 0 Å². The van der Waals surface area contributed by atoms with Gasteiger partial charge in [-0.05, 0) is 18.1 Å². The monoisotopic (exact) mass is 353 g/mol. The molecule has 2 N–H and O–H groups in total. The highest BCUT2D eigenvalue weighted by atomic mass is 32.1. The first-order valence-electron chi connectivity index (χ1n) is 8.11. The summed E-state index contributed by atoms with van der Waals surface area (Å²) < 4.78 is 11.9. The van der Waals surface area contributed by atoms with Crippen LogP contribution in [0, 0.1) is 11.7 Å². The third kappa shape index (κ3) is 4.70. The maximum atomic E-state index is 11.9. The van der Waals surface area contributed by atoms with Crippen molar-refractivity contribution in [3.8, 4) is 0 Å². The normalized spacial score (nSPS) is 22.1. The molecule has 2 fully saturated rings. The van der Waals surface area contributed by atoms with Crippen molar-refractivity contribution in [1.29, 1.82) is 0 Å². The summed E-state index contributed by atoms with van der Waals surface area (Å²) in [5.41, 5.74) is -0.314.